The third-order valence-electron chi connectivity index (χ3n) is 7.55. The molecule has 1 aromatic carbocycles. The van der Waals surface area contributed by atoms with Gasteiger partial charge in [-0.1, -0.05) is 48.7 Å². The molecule has 1 aliphatic heterocycles. The number of nitrogens with zero attached hydrogens (tertiary/aromatic N) is 3. The number of benzene rings is 1. The second-order valence-electron chi connectivity index (χ2n) is 10.3. The summed E-state index contributed by atoms with van der Waals surface area (Å²) < 4.78 is 5.85. The zero-order chi connectivity index (χ0) is 25.6. The predicted molar refractivity (Wildman–Crippen MR) is 149 cm³/mol. The highest BCUT2D eigenvalue weighted by Crippen LogP contribution is 2.39. The number of rotatable bonds is 7. The summed E-state index contributed by atoms with van der Waals surface area (Å²) in [6.07, 6.45) is 14.8. The van der Waals surface area contributed by atoms with Crippen molar-refractivity contribution in [3.05, 3.63) is 71.2 Å². The largest absolute Gasteiger partial charge is 0.492 e. The van der Waals surface area contributed by atoms with Crippen LogP contribution in [-0.4, -0.2) is 27.6 Å². The highest BCUT2D eigenvalue weighted by atomic mass is 16.5. The molecule has 0 radical (unpaired) electrons. The molecule has 194 valence electrons. The number of allylic oxidation sites excluding steroid dienone is 1. The van der Waals surface area contributed by atoms with Crippen molar-refractivity contribution >= 4 is 11.8 Å². The molecule has 2 saturated carbocycles. The van der Waals surface area contributed by atoms with E-state index in [4.69, 9.17) is 10.5 Å². The molecule has 7 heteroatoms. The van der Waals surface area contributed by atoms with E-state index in [2.05, 4.69) is 69.9 Å². The summed E-state index contributed by atoms with van der Waals surface area (Å²) >= 11 is 0. The van der Waals surface area contributed by atoms with Crippen LogP contribution in [0.2, 0.25) is 0 Å². The van der Waals surface area contributed by atoms with Crippen LogP contribution in [0.25, 0.3) is 11.3 Å². The van der Waals surface area contributed by atoms with E-state index >= 15 is 0 Å². The molecule has 0 bridgehead atoms. The fraction of sp³-hybridized carbons (Fsp3) is 0.433. The van der Waals surface area contributed by atoms with Crippen LogP contribution in [0, 0.1) is 12.8 Å². The van der Waals surface area contributed by atoms with Crippen molar-refractivity contribution < 1.29 is 4.74 Å². The van der Waals surface area contributed by atoms with Crippen molar-refractivity contribution in [1.29, 1.82) is 0 Å². The molecule has 0 unspecified atom stereocenters. The van der Waals surface area contributed by atoms with Gasteiger partial charge in [-0.3, -0.25) is 0 Å². The Kier molecular flexibility index (Phi) is 7.87. The van der Waals surface area contributed by atoms with E-state index < -0.39 is 0 Å². The maximum atomic E-state index is 5.85. The monoisotopic (exact) mass is 498 g/mol. The Bertz CT molecular complexity index is 1240. The molecule has 0 amide bonds. The van der Waals surface area contributed by atoms with E-state index in [-0.39, 0.29) is 5.95 Å². The Labute approximate surface area is 220 Å². The van der Waals surface area contributed by atoms with Crippen molar-refractivity contribution in [2.75, 3.05) is 17.7 Å². The number of nitrogens with one attached hydrogen (secondary N) is 2. The molecule has 6 rings (SSSR count). The lowest BCUT2D eigenvalue weighted by Crippen LogP contribution is -2.38. The Morgan fingerprint density at radius 1 is 1.14 bits per heavy atom. The van der Waals surface area contributed by atoms with Crippen molar-refractivity contribution in [1.82, 2.24) is 20.3 Å². The predicted octanol–water partition coefficient (Wildman–Crippen LogP) is 5.81. The third kappa shape index (κ3) is 6.21. The highest BCUT2D eigenvalue weighted by molar-refractivity contribution is 5.73. The number of anilines is 2. The summed E-state index contributed by atoms with van der Waals surface area (Å²) in [5, 5.41) is 6.95. The first-order chi connectivity index (χ1) is 18.1. The molecule has 3 heterocycles. The fourth-order valence-corrected chi connectivity index (χ4v) is 5.02. The summed E-state index contributed by atoms with van der Waals surface area (Å²) in [6.45, 7) is 5.76. The van der Waals surface area contributed by atoms with Gasteiger partial charge in [0.25, 0.3) is 0 Å². The van der Waals surface area contributed by atoms with Crippen LogP contribution in [-0.2, 0) is 13.0 Å². The number of aromatic nitrogens is 3. The van der Waals surface area contributed by atoms with Gasteiger partial charge >= 0.3 is 0 Å². The van der Waals surface area contributed by atoms with Crippen LogP contribution in [0.1, 0.15) is 62.1 Å². The Morgan fingerprint density at radius 2 is 2.00 bits per heavy atom. The average Bonchev–Trinajstić information content (AvgIpc) is 3.34. The SMILES string of the molecule is CCC1CC(NC=C2CCC2)C1.Cc1cccc(CNc2ncc(-c3ccnc(N)n3)c3c2CCO3)c1. The summed E-state index contributed by atoms with van der Waals surface area (Å²) in [5.74, 6) is 2.95. The van der Waals surface area contributed by atoms with Gasteiger partial charge in [0.15, 0.2) is 0 Å². The van der Waals surface area contributed by atoms with Crippen molar-refractivity contribution in [3.8, 4) is 17.0 Å². The average molecular weight is 499 g/mol. The number of fused-ring (bicyclic) bond motifs is 1. The van der Waals surface area contributed by atoms with Crippen LogP contribution >= 0.6 is 0 Å². The lowest BCUT2D eigenvalue weighted by molar-refractivity contribution is 0.232. The number of hydrogen-bond donors (Lipinski definition) is 3. The summed E-state index contributed by atoms with van der Waals surface area (Å²) in [7, 11) is 0. The molecule has 2 aromatic heterocycles. The molecule has 2 fully saturated rings. The highest BCUT2D eigenvalue weighted by Gasteiger charge is 2.26. The molecule has 7 nitrogen and oxygen atoms in total. The minimum absolute atomic E-state index is 0.242. The summed E-state index contributed by atoms with van der Waals surface area (Å²) in [5.41, 5.74) is 12.5. The topological polar surface area (TPSA) is 98.0 Å². The molecule has 0 spiro atoms. The van der Waals surface area contributed by atoms with E-state index in [9.17, 15) is 0 Å². The number of aryl methyl sites for hydroxylation is 1. The quantitative estimate of drug-likeness (QED) is 0.378. The smallest absolute Gasteiger partial charge is 0.220 e. The molecule has 0 saturated heterocycles. The van der Waals surface area contributed by atoms with E-state index in [0.717, 1.165) is 53.3 Å². The zero-order valence-electron chi connectivity index (χ0n) is 22.0. The van der Waals surface area contributed by atoms with Gasteiger partial charge in [-0.05, 0) is 62.8 Å². The summed E-state index contributed by atoms with van der Waals surface area (Å²) in [4.78, 5) is 12.8. The molecular weight excluding hydrogens is 460 g/mol. The fourth-order valence-electron chi connectivity index (χ4n) is 5.02. The molecule has 0 atom stereocenters. The van der Waals surface area contributed by atoms with E-state index in [0.29, 0.717) is 6.61 Å². The lowest BCUT2D eigenvalue weighted by atomic mass is 9.78. The van der Waals surface area contributed by atoms with Gasteiger partial charge in [0.1, 0.15) is 11.6 Å². The Hall–Kier alpha value is -3.61. The number of pyridine rings is 1. The van der Waals surface area contributed by atoms with Gasteiger partial charge in [-0.15, -0.1) is 0 Å². The van der Waals surface area contributed by atoms with Gasteiger partial charge in [-0.25, -0.2) is 15.0 Å². The minimum Gasteiger partial charge on any atom is -0.492 e. The normalized spacial score (nSPS) is 19.4. The van der Waals surface area contributed by atoms with Gasteiger partial charge in [-0.2, -0.15) is 0 Å². The van der Waals surface area contributed by atoms with Crippen LogP contribution < -0.4 is 21.1 Å². The van der Waals surface area contributed by atoms with Crippen LogP contribution in [0.3, 0.4) is 0 Å². The van der Waals surface area contributed by atoms with Crippen LogP contribution in [0.15, 0.2) is 54.5 Å². The lowest BCUT2D eigenvalue weighted by Gasteiger charge is -2.35. The number of nitrogen functional groups attached to an aromatic ring is 1. The number of nitrogens with two attached hydrogens (primary N) is 1. The Morgan fingerprint density at radius 3 is 2.73 bits per heavy atom. The number of hydrogen-bond acceptors (Lipinski definition) is 7. The van der Waals surface area contributed by atoms with E-state index in [1.54, 1.807) is 18.0 Å². The molecule has 4 N–H and O–H groups in total. The van der Waals surface area contributed by atoms with Crippen LogP contribution in [0.5, 0.6) is 5.75 Å². The molecule has 3 aromatic rings. The van der Waals surface area contributed by atoms with Gasteiger partial charge < -0.3 is 21.1 Å². The van der Waals surface area contributed by atoms with E-state index in [1.165, 1.54) is 49.7 Å². The molecule has 37 heavy (non-hydrogen) atoms. The van der Waals surface area contributed by atoms with Crippen molar-refractivity contribution in [3.63, 3.8) is 0 Å². The summed E-state index contributed by atoms with van der Waals surface area (Å²) in [6, 6.07) is 11.1. The third-order valence-corrected chi connectivity index (χ3v) is 7.55. The second kappa shape index (κ2) is 11.6. The van der Waals surface area contributed by atoms with Gasteiger partial charge in [0.2, 0.25) is 5.95 Å². The zero-order valence-corrected chi connectivity index (χ0v) is 22.0. The minimum atomic E-state index is 0.242. The molecule has 2 aliphatic carbocycles. The number of ether oxygens (including phenoxy) is 1. The first-order valence-corrected chi connectivity index (χ1v) is 13.6. The van der Waals surface area contributed by atoms with Crippen LogP contribution in [0.4, 0.5) is 11.8 Å². The first kappa shape index (κ1) is 25.1. The maximum Gasteiger partial charge on any atom is 0.220 e. The molecular formula is C30H38N6O. The van der Waals surface area contributed by atoms with Gasteiger partial charge in [0.05, 0.1) is 17.9 Å². The van der Waals surface area contributed by atoms with Gasteiger partial charge in [0, 0.05) is 37.0 Å². The molecule has 3 aliphatic rings. The second-order valence-corrected chi connectivity index (χ2v) is 10.3. The Balaban J connectivity index is 0.000000195. The van der Waals surface area contributed by atoms with Crippen molar-refractivity contribution in [2.24, 2.45) is 5.92 Å². The standard InChI is InChI=1S/C19H19N5O.C11H19N/c1-12-3-2-4-13(9-12)10-22-18-14-6-8-25-17(14)15(11-23-18)16-5-7-21-19(20)24-16;1-2-9-6-11(7-9)12-8-10-4-3-5-10/h2-5,7,9,11H,6,8,10H2,1H3,(H,22,23)(H2,20,21,24);8-9,11-12H,2-7H2,1H3. The maximum absolute atomic E-state index is 5.85. The van der Waals surface area contributed by atoms with Crippen molar-refractivity contribution in [2.45, 2.75) is 71.4 Å². The first-order valence-electron chi connectivity index (χ1n) is 13.6. The van der Waals surface area contributed by atoms with E-state index in [1.807, 2.05) is 6.07 Å².